The molecule has 0 N–H and O–H groups in total. The van der Waals surface area contributed by atoms with Gasteiger partial charge in [-0.1, -0.05) is 56.1 Å². The smallest absolute Gasteiger partial charge is 0.114 e. The van der Waals surface area contributed by atoms with Crippen LogP contribution in [-0.2, 0) is 26.8 Å². The van der Waals surface area contributed by atoms with Crippen LogP contribution in [0.4, 0.5) is 0 Å². The molecule has 0 aliphatic carbocycles. The first-order valence-corrected chi connectivity index (χ1v) is 8.53. The highest BCUT2D eigenvalue weighted by atomic mass is 79.9. The Morgan fingerprint density at radius 2 is 1.30 bits per heavy atom. The van der Waals surface area contributed by atoms with Crippen LogP contribution in [0.2, 0.25) is 0 Å². The molecule has 0 bridgehead atoms. The molecule has 0 aromatic heterocycles. The zero-order valence-electron chi connectivity index (χ0n) is 10.5. The highest BCUT2D eigenvalue weighted by Gasteiger charge is 2.20. The Kier molecular flexibility index (Phi) is 6.33. The van der Waals surface area contributed by atoms with Gasteiger partial charge < -0.3 is 0 Å². The second kappa shape index (κ2) is 8.01. The van der Waals surface area contributed by atoms with E-state index < -0.39 is 8.25 Å². The minimum Gasteiger partial charge on any atom is -0.114 e. The molecule has 0 saturated carbocycles. The molecule has 104 valence electrons. The topological polar surface area (TPSA) is 35.5 Å². The summed E-state index contributed by atoms with van der Waals surface area (Å²) in [6, 6.07) is 15.3. The van der Waals surface area contributed by atoms with E-state index >= 15 is 0 Å². The van der Waals surface area contributed by atoms with Gasteiger partial charge in [-0.25, -0.2) is 0 Å². The normalized spacial score (nSPS) is 10.5. The maximum absolute atomic E-state index is 11.6. The molecule has 2 rings (SSSR count). The van der Waals surface area contributed by atoms with Crippen molar-refractivity contribution in [3.8, 4) is 0 Å². The van der Waals surface area contributed by atoms with Crippen molar-refractivity contribution in [1.82, 2.24) is 0 Å². The first-order valence-electron chi connectivity index (χ1n) is 5.85. The second-order valence-electron chi connectivity index (χ2n) is 4.03. The minimum atomic E-state index is -2.13. The van der Waals surface area contributed by atoms with Crippen LogP contribution in [0.25, 0.3) is 0 Å². The molecule has 0 unspecified atom stereocenters. The van der Waals surface area contributed by atoms with Crippen LogP contribution in [0.5, 0.6) is 0 Å². The molecule has 0 heterocycles. The summed E-state index contributed by atoms with van der Waals surface area (Å²) in [7, 11) is -2.13. The van der Waals surface area contributed by atoms with E-state index in [9.17, 15) is 4.57 Å². The molecule has 0 atom stereocenters. The average Bonchev–Trinajstić information content (AvgIpc) is 2.43. The number of rotatable bonds is 6. The maximum atomic E-state index is 11.6. The number of benzene rings is 2. The van der Waals surface area contributed by atoms with Crippen LogP contribution >= 0.6 is 40.1 Å². The summed E-state index contributed by atoms with van der Waals surface area (Å²) in [6.07, 6.45) is 0. The van der Waals surface area contributed by atoms with E-state index in [0.29, 0.717) is 0 Å². The van der Waals surface area contributed by atoms with Gasteiger partial charge in [0.05, 0.1) is 0 Å². The molecule has 0 aliphatic rings. The largest absolute Gasteiger partial charge is 0.698 e. The fourth-order valence-electron chi connectivity index (χ4n) is 1.55. The molecule has 0 spiro atoms. The number of hydrogen-bond donors (Lipinski definition) is 0. The van der Waals surface area contributed by atoms with Crippen molar-refractivity contribution < 1.29 is 13.6 Å². The van der Waals surface area contributed by atoms with Crippen molar-refractivity contribution in [2.75, 3.05) is 0 Å². The van der Waals surface area contributed by atoms with Gasteiger partial charge in [-0.2, -0.15) is 0 Å². The third-order valence-corrected chi connectivity index (χ3v) is 4.12. The summed E-state index contributed by atoms with van der Waals surface area (Å²) in [5.74, 6) is 0. The molecular formula is C14H12Br2O3P+. The van der Waals surface area contributed by atoms with Gasteiger partial charge in [0, 0.05) is 13.5 Å². The molecule has 0 amide bonds. The maximum Gasteiger partial charge on any atom is 0.698 e. The van der Waals surface area contributed by atoms with Crippen molar-refractivity contribution in [3.05, 3.63) is 68.6 Å². The molecule has 0 fully saturated rings. The van der Waals surface area contributed by atoms with E-state index in [1.165, 1.54) is 0 Å². The standard InChI is InChI=1S/C14H12Br2O3P/c15-13-5-1-3-11(7-13)9-18-20(17)19-10-12-4-2-6-14(16)8-12/h1-8H,9-10H2/q+1. The van der Waals surface area contributed by atoms with Crippen LogP contribution < -0.4 is 0 Å². The van der Waals surface area contributed by atoms with Crippen LogP contribution in [0.1, 0.15) is 11.1 Å². The van der Waals surface area contributed by atoms with Gasteiger partial charge in [0.25, 0.3) is 0 Å². The van der Waals surface area contributed by atoms with Crippen LogP contribution in [0.3, 0.4) is 0 Å². The molecule has 0 saturated heterocycles. The highest BCUT2D eigenvalue weighted by molar-refractivity contribution is 9.10. The van der Waals surface area contributed by atoms with Gasteiger partial charge in [-0.3, -0.25) is 0 Å². The van der Waals surface area contributed by atoms with E-state index in [0.717, 1.165) is 20.1 Å². The molecule has 20 heavy (non-hydrogen) atoms. The van der Waals surface area contributed by atoms with Gasteiger partial charge >= 0.3 is 8.25 Å². The fourth-order valence-corrected chi connectivity index (χ4v) is 3.02. The summed E-state index contributed by atoms with van der Waals surface area (Å²) in [6.45, 7) is 0.514. The summed E-state index contributed by atoms with van der Waals surface area (Å²) in [4.78, 5) is 0. The van der Waals surface area contributed by atoms with Crippen LogP contribution in [0, 0.1) is 0 Å². The summed E-state index contributed by atoms with van der Waals surface area (Å²) in [5.41, 5.74) is 1.88. The predicted molar refractivity (Wildman–Crippen MR) is 85.5 cm³/mol. The molecule has 3 nitrogen and oxygen atoms in total. The summed E-state index contributed by atoms with van der Waals surface area (Å²) in [5, 5.41) is 0. The minimum absolute atomic E-state index is 0.257. The van der Waals surface area contributed by atoms with Crippen LogP contribution in [0.15, 0.2) is 57.5 Å². The Hall–Kier alpha value is -0.580. The lowest BCUT2D eigenvalue weighted by Crippen LogP contribution is -1.90. The molecular weight excluding hydrogens is 407 g/mol. The van der Waals surface area contributed by atoms with E-state index in [1.807, 2.05) is 48.5 Å². The zero-order valence-corrected chi connectivity index (χ0v) is 14.5. The van der Waals surface area contributed by atoms with Gasteiger partial charge in [0.2, 0.25) is 0 Å². The van der Waals surface area contributed by atoms with Gasteiger partial charge in [-0.05, 0) is 35.4 Å². The predicted octanol–water partition coefficient (Wildman–Crippen LogP) is 5.60. The Morgan fingerprint density at radius 3 is 1.70 bits per heavy atom. The Morgan fingerprint density at radius 1 is 0.850 bits per heavy atom. The Labute approximate surface area is 135 Å². The van der Waals surface area contributed by atoms with Gasteiger partial charge in [-0.15, -0.1) is 9.05 Å². The molecule has 2 aromatic rings. The zero-order chi connectivity index (χ0) is 14.4. The first-order chi connectivity index (χ1) is 9.63. The molecule has 0 aliphatic heterocycles. The lowest BCUT2D eigenvalue weighted by atomic mass is 10.2. The second-order valence-corrected chi connectivity index (χ2v) is 6.83. The quantitative estimate of drug-likeness (QED) is 0.572. The fraction of sp³-hybridized carbons (Fsp3) is 0.143. The van der Waals surface area contributed by atoms with Gasteiger partial charge in [0.15, 0.2) is 0 Å². The lowest BCUT2D eigenvalue weighted by molar-refractivity contribution is 0.213. The molecule has 6 heteroatoms. The summed E-state index contributed by atoms with van der Waals surface area (Å²) < 4.78 is 23.9. The van der Waals surface area contributed by atoms with Crippen molar-refractivity contribution >= 4 is 40.1 Å². The monoisotopic (exact) mass is 417 g/mol. The third-order valence-electron chi connectivity index (χ3n) is 2.45. The average molecular weight is 419 g/mol. The number of hydrogen-bond acceptors (Lipinski definition) is 3. The highest BCUT2D eigenvalue weighted by Crippen LogP contribution is 2.28. The first kappa shape index (κ1) is 15.8. The van der Waals surface area contributed by atoms with Crippen molar-refractivity contribution in [2.45, 2.75) is 13.2 Å². The Bertz CT molecular complexity index is 553. The van der Waals surface area contributed by atoms with Crippen LogP contribution in [-0.4, -0.2) is 0 Å². The van der Waals surface area contributed by atoms with E-state index in [-0.39, 0.29) is 13.2 Å². The van der Waals surface area contributed by atoms with E-state index in [4.69, 9.17) is 9.05 Å². The van der Waals surface area contributed by atoms with E-state index in [2.05, 4.69) is 31.9 Å². The van der Waals surface area contributed by atoms with E-state index in [1.54, 1.807) is 0 Å². The van der Waals surface area contributed by atoms with Crippen molar-refractivity contribution in [2.24, 2.45) is 0 Å². The summed E-state index contributed by atoms with van der Waals surface area (Å²) >= 11 is 6.75. The third kappa shape index (κ3) is 5.43. The van der Waals surface area contributed by atoms with Gasteiger partial charge in [0.1, 0.15) is 13.2 Å². The van der Waals surface area contributed by atoms with Crippen molar-refractivity contribution in [1.29, 1.82) is 0 Å². The molecule has 2 aromatic carbocycles. The Balaban J connectivity index is 1.78. The molecule has 0 radical (unpaired) electrons. The lowest BCUT2D eigenvalue weighted by Gasteiger charge is -1.97. The SMILES string of the molecule is O=[P+](OCc1cccc(Br)c1)OCc1cccc(Br)c1. The van der Waals surface area contributed by atoms with Crippen molar-refractivity contribution in [3.63, 3.8) is 0 Å². The number of halogens is 2.